The second kappa shape index (κ2) is 5.56. The summed E-state index contributed by atoms with van der Waals surface area (Å²) in [7, 11) is 0. The van der Waals surface area contributed by atoms with Gasteiger partial charge in [0, 0.05) is 6.04 Å². The van der Waals surface area contributed by atoms with Crippen molar-refractivity contribution in [3.8, 4) is 0 Å². The van der Waals surface area contributed by atoms with Gasteiger partial charge in [-0.15, -0.1) is 0 Å². The minimum absolute atomic E-state index is 0.324. The molecule has 0 aliphatic rings. The summed E-state index contributed by atoms with van der Waals surface area (Å²) in [5.41, 5.74) is 11.2. The molecule has 0 spiro atoms. The van der Waals surface area contributed by atoms with E-state index in [1.165, 1.54) is 0 Å². The molecule has 0 radical (unpaired) electrons. The third kappa shape index (κ3) is 5.22. The Morgan fingerprint density at radius 3 is 2.00 bits per heavy atom. The van der Waals surface area contributed by atoms with Crippen LogP contribution in [0, 0.1) is 11.8 Å². The minimum atomic E-state index is 0.324. The van der Waals surface area contributed by atoms with E-state index < -0.39 is 0 Å². The van der Waals surface area contributed by atoms with Crippen LogP contribution in [0.3, 0.4) is 0 Å². The summed E-state index contributed by atoms with van der Waals surface area (Å²) in [5.74, 6) is 1.42. The normalized spacial score (nSPS) is 19.4. The second-order valence-electron chi connectivity index (χ2n) is 3.74. The number of nitrogens with two attached hydrogens (primary N) is 2. The van der Waals surface area contributed by atoms with Crippen molar-refractivity contribution in [1.82, 2.24) is 0 Å². The molecule has 0 fully saturated rings. The fourth-order valence-electron chi connectivity index (χ4n) is 1.37. The predicted octanol–water partition coefficient (Wildman–Crippen LogP) is 1.34. The molecule has 0 saturated heterocycles. The molecule has 3 atom stereocenters. The van der Waals surface area contributed by atoms with Gasteiger partial charge in [0.15, 0.2) is 0 Å². The van der Waals surface area contributed by atoms with Gasteiger partial charge in [0.2, 0.25) is 0 Å². The topological polar surface area (TPSA) is 52.0 Å². The minimum Gasteiger partial charge on any atom is -0.330 e. The molecule has 0 saturated carbocycles. The van der Waals surface area contributed by atoms with Gasteiger partial charge in [-0.2, -0.15) is 0 Å². The molecule has 0 aliphatic heterocycles. The van der Waals surface area contributed by atoms with E-state index in [2.05, 4.69) is 20.8 Å². The Balaban J connectivity index is 3.54. The molecule has 0 aliphatic carbocycles. The first-order valence-corrected chi connectivity index (χ1v) is 4.53. The molecule has 3 unspecified atom stereocenters. The molecule has 0 aromatic rings. The zero-order valence-electron chi connectivity index (χ0n) is 8.01. The van der Waals surface area contributed by atoms with Crippen LogP contribution in [0.4, 0.5) is 0 Å². The van der Waals surface area contributed by atoms with Gasteiger partial charge < -0.3 is 11.5 Å². The first-order valence-electron chi connectivity index (χ1n) is 4.53. The summed E-state index contributed by atoms with van der Waals surface area (Å²) in [6.45, 7) is 7.36. The van der Waals surface area contributed by atoms with Crippen molar-refractivity contribution >= 4 is 0 Å². The van der Waals surface area contributed by atoms with Gasteiger partial charge in [-0.25, -0.2) is 0 Å². The molecule has 0 aromatic heterocycles. The third-order valence-corrected chi connectivity index (χ3v) is 2.34. The maximum absolute atomic E-state index is 5.70. The largest absolute Gasteiger partial charge is 0.330 e. The van der Waals surface area contributed by atoms with Crippen LogP contribution < -0.4 is 11.5 Å². The van der Waals surface area contributed by atoms with Gasteiger partial charge in [-0.1, -0.05) is 13.8 Å². The summed E-state index contributed by atoms with van der Waals surface area (Å²) < 4.78 is 0. The Morgan fingerprint density at radius 1 is 1.09 bits per heavy atom. The lowest BCUT2D eigenvalue weighted by Gasteiger charge is -2.20. The Kier molecular flexibility index (Phi) is 5.51. The monoisotopic (exact) mass is 158 g/mol. The van der Waals surface area contributed by atoms with Gasteiger partial charge in [-0.3, -0.25) is 0 Å². The van der Waals surface area contributed by atoms with Gasteiger partial charge >= 0.3 is 0 Å². The Bertz CT molecular complexity index is 91.6. The number of hydrogen-bond donors (Lipinski definition) is 2. The molecule has 68 valence electrons. The second-order valence-corrected chi connectivity index (χ2v) is 3.74. The molecular weight excluding hydrogens is 136 g/mol. The molecule has 0 rings (SSSR count). The van der Waals surface area contributed by atoms with Crippen LogP contribution in [0.1, 0.15) is 33.6 Å². The molecule has 11 heavy (non-hydrogen) atoms. The quantitative estimate of drug-likeness (QED) is 0.634. The molecule has 2 nitrogen and oxygen atoms in total. The first-order chi connectivity index (χ1) is 5.07. The van der Waals surface area contributed by atoms with Crippen LogP contribution >= 0.6 is 0 Å². The van der Waals surface area contributed by atoms with Gasteiger partial charge in [0.1, 0.15) is 0 Å². The molecule has 4 N–H and O–H groups in total. The van der Waals surface area contributed by atoms with Crippen LogP contribution in [0.2, 0.25) is 0 Å². The van der Waals surface area contributed by atoms with Gasteiger partial charge in [0.05, 0.1) is 0 Å². The highest BCUT2D eigenvalue weighted by Gasteiger charge is 2.12. The van der Waals surface area contributed by atoms with Crippen molar-refractivity contribution in [3.05, 3.63) is 0 Å². The van der Waals surface area contributed by atoms with E-state index in [-0.39, 0.29) is 0 Å². The smallest absolute Gasteiger partial charge is 0.00131 e. The van der Waals surface area contributed by atoms with Crippen LogP contribution in [-0.4, -0.2) is 12.6 Å². The van der Waals surface area contributed by atoms with E-state index >= 15 is 0 Å². The fourth-order valence-corrected chi connectivity index (χ4v) is 1.37. The summed E-state index contributed by atoms with van der Waals surface area (Å²) >= 11 is 0. The lowest BCUT2D eigenvalue weighted by Crippen LogP contribution is -2.22. The molecule has 0 amide bonds. The van der Waals surface area contributed by atoms with E-state index in [1.54, 1.807) is 0 Å². The van der Waals surface area contributed by atoms with E-state index in [1.807, 2.05) is 0 Å². The lowest BCUT2D eigenvalue weighted by molar-refractivity contribution is 0.330. The predicted molar refractivity (Wildman–Crippen MR) is 50.3 cm³/mol. The van der Waals surface area contributed by atoms with E-state index in [0.717, 1.165) is 19.4 Å². The first kappa shape index (κ1) is 10.9. The van der Waals surface area contributed by atoms with E-state index in [0.29, 0.717) is 17.9 Å². The highest BCUT2D eigenvalue weighted by atomic mass is 14.6. The molecule has 0 heterocycles. The zero-order valence-corrected chi connectivity index (χ0v) is 8.01. The lowest BCUT2D eigenvalue weighted by atomic mass is 9.88. The Hall–Kier alpha value is -0.0800. The van der Waals surface area contributed by atoms with Crippen molar-refractivity contribution in [2.24, 2.45) is 23.3 Å². The molecule has 0 bridgehead atoms. The maximum atomic E-state index is 5.70. The highest BCUT2D eigenvalue weighted by molar-refractivity contribution is 4.66. The van der Waals surface area contributed by atoms with Crippen molar-refractivity contribution in [2.75, 3.05) is 6.54 Å². The average molecular weight is 158 g/mol. The number of rotatable bonds is 5. The van der Waals surface area contributed by atoms with Crippen LogP contribution in [0.25, 0.3) is 0 Å². The molecule has 2 heteroatoms. The Morgan fingerprint density at radius 2 is 1.64 bits per heavy atom. The SMILES string of the molecule is CC(N)CC(C)C(C)CCN. The van der Waals surface area contributed by atoms with E-state index in [9.17, 15) is 0 Å². The van der Waals surface area contributed by atoms with Crippen molar-refractivity contribution < 1.29 is 0 Å². The van der Waals surface area contributed by atoms with Crippen LogP contribution in [-0.2, 0) is 0 Å². The van der Waals surface area contributed by atoms with Crippen LogP contribution in [0.5, 0.6) is 0 Å². The zero-order chi connectivity index (χ0) is 8.85. The van der Waals surface area contributed by atoms with Crippen molar-refractivity contribution in [1.29, 1.82) is 0 Å². The van der Waals surface area contributed by atoms with Crippen molar-refractivity contribution in [3.63, 3.8) is 0 Å². The van der Waals surface area contributed by atoms with E-state index in [4.69, 9.17) is 11.5 Å². The molecular formula is C9H22N2. The summed E-state index contributed by atoms with van der Waals surface area (Å²) in [5, 5.41) is 0. The third-order valence-electron chi connectivity index (χ3n) is 2.34. The summed E-state index contributed by atoms with van der Waals surface area (Å²) in [6.07, 6.45) is 2.23. The van der Waals surface area contributed by atoms with Gasteiger partial charge in [-0.05, 0) is 38.1 Å². The van der Waals surface area contributed by atoms with Gasteiger partial charge in [0.25, 0.3) is 0 Å². The average Bonchev–Trinajstić information content (AvgIpc) is 1.86. The Labute approximate surface area is 70.3 Å². The van der Waals surface area contributed by atoms with Crippen LogP contribution in [0.15, 0.2) is 0 Å². The summed E-state index contributed by atoms with van der Waals surface area (Å²) in [4.78, 5) is 0. The summed E-state index contributed by atoms with van der Waals surface area (Å²) in [6, 6.07) is 0.324. The number of hydrogen-bond acceptors (Lipinski definition) is 2. The van der Waals surface area contributed by atoms with Crippen molar-refractivity contribution in [2.45, 2.75) is 39.7 Å². The maximum Gasteiger partial charge on any atom is 0.00131 e. The fraction of sp³-hybridized carbons (Fsp3) is 1.00. The highest BCUT2D eigenvalue weighted by Crippen LogP contribution is 2.18. The standard InChI is InChI=1S/C9H22N2/c1-7(4-5-10)8(2)6-9(3)11/h7-9H,4-6,10-11H2,1-3H3. The molecule has 0 aromatic carbocycles.